The van der Waals surface area contributed by atoms with Gasteiger partial charge in [-0.1, -0.05) is 0 Å². The molecule has 120 valence electrons. The number of hydrogen-bond donors (Lipinski definition) is 1. The van der Waals surface area contributed by atoms with Crippen LogP contribution in [0.3, 0.4) is 0 Å². The second-order valence-electron chi connectivity index (χ2n) is 4.61. The molecule has 1 N–H and O–H groups in total. The largest absolute Gasteiger partial charge is 0.461 e. The molecule has 8 nitrogen and oxygen atoms in total. The van der Waals surface area contributed by atoms with Crippen LogP contribution in [-0.4, -0.2) is 27.3 Å². The Morgan fingerprint density at radius 1 is 1.43 bits per heavy atom. The molecule has 0 aliphatic carbocycles. The van der Waals surface area contributed by atoms with E-state index in [-0.39, 0.29) is 5.88 Å². The lowest BCUT2D eigenvalue weighted by Crippen LogP contribution is -2.28. The van der Waals surface area contributed by atoms with E-state index < -0.39 is 6.09 Å². The summed E-state index contributed by atoms with van der Waals surface area (Å²) in [6, 6.07) is 4.93. The van der Waals surface area contributed by atoms with Crippen LogP contribution in [0.1, 0.15) is 6.42 Å². The first-order valence-corrected chi connectivity index (χ1v) is 7.63. The molecule has 0 bridgehead atoms. The first kappa shape index (κ1) is 15.3. The number of amides is 1. The maximum Gasteiger partial charge on any atom is 0.414 e. The highest BCUT2D eigenvalue weighted by molar-refractivity contribution is 9.10. The van der Waals surface area contributed by atoms with Crippen molar-refractivity contribution < 1.29 is 18.5 Å². The fourth-order valence-corrected chi connectivity index (χ4v) is 2.23. The molecule has 1 amide bonds. The van der Waals surface area contributed by atoms with Crippen LogP contribution in [0, 0.1) is 0 Å². The van der Waals surface area contributed by atoms with Gasteiger partial charge in [0.15, 0.2) is 5.76 Å². The molecule has 0 atom stereocenters. The molecule has 23 heavy (non-hydrogen) atoms. The third-order valence-corrected chi connectivity index (χ3v) is 3.32. The van der Waals surface area contributed by atoms with Crippen LogP contribution in [0.25, 0.3) is 11.5 Å². The molecular weight excluding hydrogens is 368 g/mol. The molecule has 0 aliphatic rings. The zero-order valence-corrected chi connectivity index (χ0v) is 13.5. The van der Waals surface area contributed by atoms with Gasteiger partial charge in [-0.2, -0.15) is 0 Å². The fraction of sp³-hybridized carbons (Fsp3) is 0.214. The summed E-state index contributed by atoms with van der Waals surface area (Å²) in [5.41, 5.74) is 0. The number of aryl methyl sites for hydroxylation is 1. The van der Waals surface area contributed by atoms with E-state index >= 15 is 0 Å². The summed E-state index contributed by atoms with van der Waals surface area (Å²) < 4.78 is 17.9. The SMILES string of the molecule is O=C(NCCCn1cnc(Br)c1)Oc1cc(-c2ccco2)on1. The van der Waals surface area contributed by atoms with E-state index in [2.05, 4.69) is 31.4 Å². The number of carbonyl (C=O) groups is 1. The number of halogens is 1. The van der Waals surface area contributed by atoms with Crippen LogP contribution < -0.4 is 10.1 Å². The molecular formula is C14H13BrN4O4. The molecule has 9 heteroatoms. The second kappa shape index (κ2) is 7.14. The van der Waals surface area contributed by atoms with Crippen molar-refractivity contribution in [2.75, 3.05) is 6.54 Å². The number of rotatable bonds is 6. The van der Waals surface area contributed by atoms with Crippen molar-refractivity contribution in [1.29, 1.82) is 0 Å². The number of nitrogens with one attached hydrogen (secondary N) is 1. The summed E-state index contributed by atoms with van der Waals surface area (Å²) in [5, 5.41) is 6.30. The fourth-order valence-electron chi connectivity index (χ4n) is 1.88. The highest BCUT2D eigenvalue weighted by Crippen LogP contribution is 2.23. The first-order valence-electron chi connectivity index (χ1n) is 6.84. The molecule has 3 rings (SSSR count). The van der Waals surface area contributed by atoms with Crippen LogP contribution in [0.2, 0.25) is 0 Å². The van der Waals surface area contributed by atoms with E-state index in [0.717, 1.165) is 17.6 Å². The smallest absolute Gasteiger partial charge is 0.414 e. The number of hydrogen-bond acceptors (Lipinski definition) is 6. The van der Waals surface area contributed by atoms with Gasteiger partial charge >= 0.3 is 6.09 Å². The van der Waals surface area contributed by atoms with E-state index in [1.165, 1.54) is 12.3 Å². The minimum atomic E-state index is -0.587. The monoisotopic (exact) mass is 380 g/mol. The van der Waals surface area contributed by atoms with Crippen molar-refractivity contribution in [2.45, 2.75) is 13.0 Å². The molecule has 0 aliphatic heterocycles. The summed E-state index contributed by atoms with van der Waals surface area (Å²) in [4.78, 5) is 15.7. The van der Waals surface area contributed by atoms with Crippen molar-refractivity contribution in [3.63, 3.8) is 0 Å². The van der Waals surface area contributed by atoms with E-state index in [1.54, 1.807) is 18.5 Å². The Bertz CT molecular complexity index is 765. The third-order valence-electron chi connectivity index (χ3n) is 2.91. The Morgan fingerprint density at radius 3 is 3.09 bits per heavy atom. The average Bonchev–Trinajstić information content (AvgIpc) is 3.25. The zero-order chi connectivity index (χ0) is 16.1. The molecule has 0 aromatic carbocycles. The van der Waals surface area contributed by atoms with Crippen LogP contribution in [0.5, 0.6) is 5.88 Å². The van der Waals surface area contributed by atoms with Gasteiger partial charge in [0.25, 0.3) is 5.88 Å². The number of nitrogens with zero attached hydrogens (tertiary/aromatic N) is 3. The van der Waals surface area contributed by atoms with Gasteiger partial charge in [-0.25, -0.2) is 9.78 Å². The summed E-state index contributed by atoms with van der Waals surface area (Å²) >= 11 is 3.27. The van der Waals surface area contributed by atoms with Gasteiger partial charge < -0.3 is 23.6 Å². The van der Waals surface area contributed by atoms with Crippen LogP contribution >= 0.6 is 15.9 Å². The van der Waals surface area contributed by atoms with Crippen molar-refractivity contribution in [2.24, 2.45) is 0 Å². The van der Waals surface area contributed by atoms with Crippen molar-refractivity contribution >= 4 is 22.0 Å². The van der Waals surface area contributed by atoms with Gasteiger partial charge in [0.2, 0.25) is 5.76 Å². The standard InChI is InChI=1S/C14H13BrN4O4/c15-12-8-19(9-17-12)5-2-4-16-14(20)22-13-7-11(23-18-13)10-3-1-6-21-10/h1,3,6-9H,2,4-5H2,(H,16,20). The van der Waals surface area contributed by atoms with Crippen LogP contribution in [0.15, 0.2) is 50.5 Å². The molecule has 0 fully saturated rings. The number of imidazole rings is 1. The van der Waals surface area contributed by atoms with Crippen molar-refractivity contribution in [3.8, 4) is 17.4 Å². The lowest BCUT2D eigenvalue weighted by molar-refractivity contribution is 0.195. The third kappa shape index (κ3) is 4.22. The van der Waals surface area contributed by atoms with Crippen molar-refractivity contribution in [1.82, 2.24) is 20.0 Å². The Hall–Kier alpha value is -2.55. The molecule has 3 heterocycles. The predicted molar refractivity (Wildman–Crippen MR) is 82.8 cm³/mol. The van der Waals surface area contributed by atoms with Gasteiger partial charge in [0, 0.05) is 19.3 Å². The maximum atomic E-state index is 11.7. The molecule has 0 spiro atoms. The molecule has 0 unspecified atom stereocenters. The Morgan fingerprint density at radius 2 is 2.35 bits per heavy atom. The molecule has 0 saturated carbocycles. The normalized spacial score (nSPS) is 10.7. The highest BCUT2D eigenvalue weighted by atomic mass is 79.9. The van der Waals surface area contributed by atoms with Gasteiger partial charge in [0.05, 0.1) is 18.7 Å². The predicted octanol–water partition coefficient (Wildman–Crippen LogP) is 3.07. The Balaban J connectivity index is 1.41. The second-order valence-corrected chi connectivity index (χ2v) is 5.42. The van der Waals surface area contributed by atoms with Gasteiger partial charge in [0.1, 0.15) is 4.60 Å². The number of furan rings is 1. The summed E-state index contributed by atoms with van der Waals surface area (Å²) in [5.74, 6) is 0.982. The Labute approximate surface area is 139 Å². The first-order chi connectivity index (χ1) is 11.2. The molecule has 0 saturated heterocycles. The van der Waals surface area contributed by atoms with Crippen LogP contribution in [-0.2, 0) is 6.54 Å². The summed E-state index contributed by atoms with van der Waals surface area (Å²) in [7, 11) is 0. The zero-order valence-electron chi connectivity index (χ0n) is 11.9. The number of ether oxygens (including phenoxy) is 1. The number of aromatic nitrogens is 3. The van der Waals surface area contributed by atoms with Gasteiger partial charge in [-0.05, 0) is 39.6 Å². The maximum absolute atomic E-state index is 11.7. The summed E-state index contributed by atoms with van der Waals surface area (Å²) in [6.07, 6.45) is 5.26. The van der Waals surface area contributed by atoms with Crippen molar-refractivity contribution in [3.05, 3.63) is 41.6 Å². The lowest BCUT2D eigenvalue weighted by atomic mass is 10.3. The summed E-state index contributed by atoms with van der Waals surface area (Å²) in [6.45, 7) is 1.21. The Kier molecular flexibility index (Phi) is 4.77. The molecule has 0 radical (unpaired) electrons. The minimum absolute atomic E-state index is 0.0763. The van der Waals surface area contributed by atoms with E-state index in [9.17, 15) is 4.79 Å². The molecule has 3 aromatic rings. The van der Waals surface area contributed by atoms with Crippen LogP contribution in [0.4, 0.5) is 4.79 Å². The average molecular weight is 381 g/mol. The van der Waals surface area contributed by atoms with E-state index in [1.807, 2.05) is 10.8 Å². The highest BCUT2D eigenvalue weighted by Gasteiger charge is 2.12. The lowest BCUT2D eigenvalue weighted by Gasteiger charge is -2.04. The quantitative estimate of drug-likeness (QED) is 0.660. The number of carbonyl (C=O) groups excluding carboxylic acids is 1. The minimum Gasteiger partial charge on any atom is -0.461 e. The topological polar surface area (TPSA) is 95.3 Å². The molecule has 3 aromatic heterocycles. The van der Waals surface area contributed by atoms with E-state index in [4.69, 9.17) is 13.7 Å². The van der Waals surface area contributed by atoms with E-state index in [0.29, 0.717) is 18.1 Å². The van der Waals surface area contributed by atoms with Gasteiger partial charge in [-0.3, -0.25) is 0 Å². The van der Waals surface area contributed by atoms with Gasteiger partial charge in [-0.15, -0.1) is 0 Å².